The van der Waals surface area contributed by atoms with Gasteiger partial charge in [-0.2, -0.15) is 0 Å². The Morgan fingerprint density at radius 1 is 0.473 bits per heavy atom. The zero-order chi connectivity index (χ0) is 113. The van der Waals surface area contributed by atoms with Crippen molar-refractivity contribution in [3.05, 3.63) is 59.7 Å². The Morgan fingerprint density at radius 2 is 0.905 bits per heavy atom. The molecule has 2 fully saturated rings. The highest BCUT2D eigenvalue weighted by Crippen LogP contribution is 2.22. The molecule has 148 heavy (non-hydrogen) atoms. The number of nitrogens with two attached hydrogens (primary N) is 1. The van der Waals surface area contributed by atoms with Crippen molar-refractivity contribution in [2.45, 2.75) is 358 Å². The van der Waals surface area contributed by atoms with Crippen molar-refractivity contribution in [3.8, 4) is 0 Å². The van der Waals surface area contributed by atoms with E-state index in [1.807, 2.05) is 6.08 Å². The number of ether oxygens (including phenoxy) is 1. The third kappa shape index (κ3) is 41.9. The number of carbonyl (C=O) groups excluding carboxylic acids is 23. The lowest BCUT2D eigenvalue weighted by molar-refractivity contribution is -0.157. The van der Waals surface area contributed by atoms with Crippen molar-refractivity contribution in [2.24, 2.45) is 41.2 Å². The van der Waals surface area contributed by atoms with Gasteiger partial charge in [-0.25, -0.2) is 4.79 Å². The summed E-state index contributed by atoms with van der Waals surface area (Å²) in [5.74, 6) is -25.5. The molecule has 0 saturated carbocycles. The van der Waals surface area contributed by atoms with Crippen molar-refractivity contribution in [1.29, 1.82) is 0 Å². The lowest BCUT2D eigenvalue weighted by Gasteiger charge is -2.31. The fraction of sp³-hybridized carbons (Fsp3) is 0.663. The summed E-state index contributed by atoms with van der Waals surface area (Å²) in [6.45, 7) is 37.4. The summed E-state index contributed by atoms with van der Waals surface area (Å²) in [6, 6.07) is -25.6. The Bertz CT molecular complexity index is 4820. The van der Waals surface area contributed by atoms with E-state index in [2.05, 4.69) is 125 Å². The molecule has 0 spiro atoms. The molecule has 26 N–H and O–H groups in total. The normalized spacial score (nSPS) is 20.2. The van der Waals surface area contributed by atoms with Gasteiger partial charge in [0.25, 0.3) is 23.6 Å². The molecule has 0 bridgehead atoms. The van der Waals surface area contributed by atoms with Crippen LogP contribution in [0.1, 0.15) is 237 Å². The summed E-state index contributed by atoms with van der Waals surface area (Å²) in [7, 11) is 0. The highest BCUT2D eigenvalue weighted by molar-refractivity contribution is 6.07. The van der Waals surface area contributed by atoms with Crippen molar-refractivity contribution in [3.63, 3.8) is 0 Å². The third-order valence-electron chi connectivity index (χ3n) is 24.5. The standard InChI is InChI=1S/C98H161N23O27/c1-26-32-33-34-35-37-61(124)44-69(125)108-64(31-6)97(146)121-42-36-38-68(121)90(139)105-55(20)80(129)101-54(19)79(128)104-59(24)84(133)115-72(48(11)12)93(142)117-71(47(9)10)92(141)109-62(29-4)85(134)112-66(40-43-122)88(137)116-73(49(13)14)94(143)118-74(50(15)27-2)95(144)106-56(21)81(130)102-52(17)77(126)100-53(18)78(127)103-58(23)83(132)114-70(46(7)8)91(140)110-63(30-5)86(135)120-76-60(25)148-98(147)75(51(16)28-3)119-89(138)67(45-123)113-87(136)65(39-41-99)111-82(131)57(22)107-96(76)145/h29-31,34-35,46-55,57-61,65-68,70-76,122-124H,21,26-28,32-33,36-45,99H2,1-20,22-25H3,(H,100,126)(H,101,129)(H,102,130)(H,103,127)(H,104,128)(H,105,139)(H,106,144)(H,107,145)(H,108,125)(H,109,141)(H,110,140)(H,111,131)(H,112,134)(H,113,136)(H,114,132)(H,115,133)(H,116,137)(H,117,142)(H,118,143)(H,119,138)(H,120,135)/b35-34-,62-29-,63-30+,64-31-/t50-,51+,52+,53+,54+,55+,57+,58+,59+,60+,61?,65?,66+,67+,68+,70+,71+,72+,73+,74+,75?,76?/m1/s1. The van der Waals surface area contributed by atoms with E-state index in [0.29, 0.717) is 6.42 Å². The number of allylic oxidation sites excluding steroid dienone is 4. The van der Waals surface area contributed by atoms with Gasteiger partial charge < -0.3 is 142 Å². The number of hydrogen-bond acceptors (Lipinski definition) is 28. The van der Waals surface area contributed by atoms with Gasteiger partial charge in [0, 0.05) is 13.2 Å². The Kier molecular flexibility index (Phi) is 56.8. The van der Waals surface area contributed by atoms with Gasteiger partial charge in [-0.15, -0.1) is 0 Å². The largest absolute Gasteiger partial charge is 0.458 e. The molecule has 0 aliphatic carbocycles. The number of cyclic esters (lactones) is 1. The van der Waals surface area contributed by atoms with Crippen LogP contribution in [-0.4, -0.2) is 303 Å². The van der Waals surface area contributed by atoms with Gasteiger partial charge in [0.15, 0.2) is 0 Å². The van der Waals surface area contributed by atoms with E-state index < -0.39 is 329 Å². The SMILES string of the molecule is C=C(NC(=O)[C@@H](NC(=O)[C@@H](NC(=O)[C@H](CCO)NC(=O)/C(=C/C)NC(=O)[C@@H](NC(=O)[C@@H](NC(=O)[C@H](C)NC(=O)[C@H](C)NC(=O)[C@H](C)NC(=O)[C@@H]1CCCN1C(=O)/C(=C/C)NC(=O)CC(O)C/C=C\CCCC)C(C)C)C(C)C)C(C)C)[C@H](C)CC)C(=O)N[C@@H](C)C(=O)N[C@@H](C)C(=O)N[C@@H](C)C(=O)N[C@H](C(=O)N/C(=C/C)C(=O)NC1C(=O)N[C@@H](C)C(=O)NC(CCN)C(=O)N[C@@H](CO)C(=O)NC([C@@H](C)CC)C(=O)O[C@H]1C)C(C)C. The van der Waals surface area contributed by atoms with Crippen LogP contribution in [0.5, 0.6) is 0 Å². The van der Waals surface area contributed by atoms with E-state index >= 15 is 0 Å². The van der Waals surface area contributed by atoms with Crippen LogP contribution >= 0.6 is 0 Å². The molecule has 0 aromatic carbocycles. The fourth-order valence-corrected chi connectivity index (χ4v) is 14.6. The lowest BCUT2D eigenvalue weighted by atomic mass is 9.96. The van der Waals surface area contributed by atoms with Gasteiger partial charge in [-0.1, -0.05) is 153 Å². The van der Waals surface area contributed by atoms with Crippen LogP contribution in [0, 0.1) is 35.5 Å². The maximum atomic E-state index is 14.3. The molecule has 2 heterocycles. The highest BCUT2D eigenvalue weighted by Gasteiger charge is 2.44. The first-order valence-corrected chi connectivity index (χ1v) is 50.2. The molecule has 2 rings (SSSR count). The number of likely N-dealkylation sites (tertiary alicyclic amines) is 1. The van der Waals surface area contributed by atoms with Gasteiger partial charge in [0.05, 0.1) is 24.8 Å². The average Bonchev–Trinajstić information content (AvgIpc) is 1.74. The number of rotatable bonds is 54. The first kappa shape index (κ1) is 130. The molecule has 22 atom stereocenters. The number of unbranched alkanes of at least 4 members (excludes halogenated alkanes) is 2. The number of carbonyl (C=O) groups is 23. The molecule has 0 aromatic rings. The predicted molar refractivity (Wildman–Crippen MR) is 540 cm³/mol. The van der Waals surface area contributed by atoms with E-state index in [1.165, 1.54) is 107 Å². The molecule has 2 aliphatic rings. The van der Waals surface area contributed by atoms with Crippen LogP contribution < -0.4 is 117 Å². The molecule has 4 unspecified atom stereocenters. The number of aliphatic hydroxyl groups is 3. The summed E-state index contributed by atoms with van der Waals surface area (Å²) in [5, 5.41) is 82.3. The number of hydrogen-bond donors (Lipinski definition) is 25. The van der Waals surface area contributed by atoms with Gasteiger partial charge in [0.2, 0.25) is 106 Å². The maximum Gasteiger partial charge on any atom is 0.329 e. The second kappa shape index (κ2) is 64.5. The predicted octanol–water partition coefficient (Wildman–Crippen LogP) is -4.68. The van der Waals surface area contributed by atoms with E-state index in [9.17, 15) is 126 Å². The second-order valence-electron chi connectivity index (χ2n) is 38.2. The molecule has 830 valence electrons. The fourth-order valence-electron chi connectivity index (χ4n) is 14.6. The summed E-state index contributed by atoms with van der Waals surface area (Å²) in [6.07, 6.45) is 8.22. The smallest absolute Gasteiger partial charge is 0.329 e. The lowest BCUT2D eigenvalue weighted by Crippen LogP contribution is -2.62. The minimum Gasteiger partial charge on any atom is -0.458 e. The van der Waals surface area contributed by atoms with Crippen molar-refractivity contribution in [2.75, 3.05) is 26.3 Å². The quantitative estimate of drug-likeness (QED) is 0.0118. The summed E-state index contributed by atoms with van der Waals surface area (Å²) in [5.41, 5.74) is 4.06. The first-order chi connectivity index (χ1) is 69.3. The van der Waals surface area contributed by atoms with Crippen molar-refractivity contribution >= 4 is 136 Å². The van der Waals surface area contributed by atoms with Gasteiger partial charge in [0.1, 0.15) is 132 Å². The van der Waals surface area contributed by atoms with Crippen molar-refractivity contribution < 1.29 is 130 Å². The first-order valence-electron chi connectivity index (χ1n) is 50.2. The van der Waals surface area contributed by atoms with Gasteiger partial charge >= 0.3 is 5.97 Å². The van der Waals surface area contributed by atoms with E-state index in [1.54, 1.807) is 75.3 Å². The molecule has 2 aliphatic heterocycles. The van der Waals surface area contributed by atoms with Crippen LogP contribution in [-0.2, 0) is 115 Å². The summed E-state index contributed by atoms with van der Waals surface area (Å²) < 4.78 is 5.68. The van der Waals surface area contributed by atoms with Crippen molar-refractivity contribution in [1.82, 2.24) is 117 Å². The molecule has 50 heteroatoms. The molecule has 22 amide bonds. The molecule has 0 radical (unpaired) electrons. The van der Waals surface area contributed by atoms with Crippen LogP contribution in [0.4, 0.5) is 0 Å². The van der Waals surface area contributed by atoms with Gasteiger partial charge in [-0.3, -0.25) is 105 Å². The highest BCUT2D eigenvalue weighted by atomic mass is 16.5. The molecule has 50 nitrogen and oxygen atoms in total. The van der Waals surface area contributed by atoms with Crippen LogP contribution in [0.15, 0.2) is 59.7 Å². The number of nitrogens with zero attached hydrogens (tertiary/aromatic N) is 1. The Labute approximate surface area is 864 Å². The molecular weight excluding hydrogens is 1930 g/mol. The minimum absolute atomic E-state index is 0.0991. The Hall–Kier alpha value is -13.6. The number of nitrogens with one attached hydrogen (secondary N) is 21. The second-order valence-corrected chi connectivity index (χ2v) is 38.2. The molecule has 0 aromatic heterocycles. The Balaban J connectivity index is 2.13. The molecular formula is C98H161N23O27. The van der Waals surface area contributed by atoms with Crippen LogP contribution in [0.3, 0.4) is 0 Å². The van der Waals surface area contributed by atoms with E-state index in [0.717, 1.165) is 25.3 Å². The molecule has 2 saturated heterocycles. The monoisotopic (exact) mass is 2090 g/mol. The third-order valence-corrected chi connectivity index (χ3v) is 24.5. The number of esters is 1. The average molecular weight is 2090 g/mol. The zero-order valence-electron chi connectivity index (χ0n) is 89.4. The number of aliphatic hydroxyl groups excluding tert-OH is 3. The minimum atomic E-state index is -1.85. The van der Waals surface area contributed by atoms with E-state index in [4.69, 9.17) is 10.5 Å². The topological polar surface area (TPSA) is 744 Å². The van der Waals surface area contributed by atoms with E-state index in [-0.39, 0.29) is 57.3 Å². The van der Waals surface area contributed by atoms with Crippen LogP contribution in [0.2, 0.25) is 0 Å². The van der Waals surface area contributed by atoms with Gasteiger partial charge in [-0.05, 0) is 157 Å². The zero-order valence-corrected chi connectivity index (χ0v) is 89.4. The van der Waals surface area contributed by atoms with Crippen LogP contribution in [0.25, 0.3) is 0 Å². The Morgan fingerprint density at radius 3 is 1.36 bits per heavy atom. The number of amides is 22. The summed E-state index contributed by atoms with van der Waals surface area (Å²) >= 11 is 0. The maximum absolute atomic E-state index is 14.3. The summed E-state index contributed by atoms with van der Waals surface area (Å²) in [4.78, 5) is 318.